The summed E-state index contributed by atoms with van der Waals surface area (Å²) in [5.74, 6) is -2.67. The highest BCUT2D eigenvalue weighted by atomic mass is 16.3. The lowest BCUT2D eigenvalue weighted by Crippen LogP contribution is -2.39. The number of phenols is 1. The van der Waals surface area contributed by atoms with Crippen LogP contribution in [-0.2, 0) is 19.2 Å². The molecule has 3 aliphatic carbocycles. The topological polar surface area (TPSA) is 101 Å². The van der Waals surface area contributed by atoms with Crippen molar-refractivity contribution >= 4 is 34.2 Å². The predicted octanol–water partition coefficient (Wildman–Crippen LogP) is 3.26. The molecule has 4 unspecified atom stereocenters. The molecule has 2 amide bonds. The number of carbonyl (C=O) groups is 4. The third-order valence-corrected chi connectivity index (χ3v) is 7.65. The number of hydrogen-bond acceptors (Lipinski definition) is 5. The van der Waals surface area contributed by atoms with Gasteiger partial charge in [-0.2, -0.15) is 0 Å². The number of carbonyl (C=O) groups excluding carboxylic acids is 4. The van der Waals surface area contributed by atoms with Gasteiger partial charge >= 0.3 is 0 Å². The fourth-order valence-corrected chi connectivity index (χ4v) is 6.21. The van der Waals surface area contributed by atoms with Crippen LogP contribution < -0.4 is 5.32 Å². The number of hydrogen-bond donors (Lipinski definition) is 2. The molecule has 4 aliphatic rings. The smallest absolute Gasteiger partial charge is 0.231 e. The fourth-order valence-electron chi connectivity index (χ4n) is 6.21. The molecule has 2 aromatic carbocycles. The Morgan fingerprint density at radius 2 is 1.70 bits per heavy atom. The van der Waals surface area contributed by atoms with Gasteiger partial charge in [-0.1, -0.05) is 42.0 Å². The predicted molar refractivity (Wildman–Crippen MR) is 120 cm³/mol. The highest BCUT2D eigenvalue weighted by Gasteiger charge is 2.53. The number of rotatable bonds is 1. The van der Waals surface area contributed by atoms with Gasteiger partial charge in [0.25, 0.3) is 0 Å². The Balaban J connectivity index is 1.63. The van der Waals surface area contributed by atoms with E-state index in [1.807, 2.05) is 30.3 Å². The molecule has 6 heteroatoms. The fraction of sp³-hybridized carbons (Fsp3) is 0.259. The number of imide groups is 1. The summed E-state index contributed by atoms with van der Waals surface area (Å²) in [6, 6.07) is 10.8. The SMILES string of the molecule is CC1=CC(=O)C2=C(CC3C(=CCC4C(=O)NC(=O)C43)C2c2ccc(O)c3ccccc23)C1=O. The number of benzene rings is 2. The van der Waals surface area contributed by atoms with Crippen LogP contribution in [0.4, 0.5) is 0 Å². The summed E-state index contributed by atoms with van der Waals surface area (Å²) in [4.78, 5) is 51.7. The third-order valence-electron chi connectivity index (χ3n) is 7.65. The van der Waals surface area contributed by atoms with Crippen LogP contribution >= 0.6 is 0 Å². The van der Waals surface area contributed by atoms with Gasteiger partial charge in [-0.25, -0.2) is 0 Å². The van der Waals surface area contributed by atoms with Gasteiger partial charge in [-0.05, 0) is 48.8 Å². The van der Waals surface area contributed by atoms with Crippen molar-refractivity contribution in [1.29, 1.82) is 0 Å². The van der Waals surface area contributed by atoms with E-state index >= 15 is 0 Å². The molecule has 33 heavy (non-hydrogen) atoms. The van der Waals surface area contributed by atoms with Crippen molar-refractivity contribution < 1.29 is 24.3 Å². The Hall–Kier alpha value is -3.80. The van der Waals surface area contributed by atoms with E-state index in [9.17, 15) is 24.3 Å². The highest BCUT2D eigenvalue weighted by Crippen LogP contribution is 2.55. The van der Waals surface area contributed by atoms with E-state index in [1.54, 1.807) is 19.1 Å². The number of nitrogens with one attached hydrogen (secondary N) is 1. The Labute approximate surface area is 189 Å². The summed E-state index contributed by atoms with van der Waals surface area (Å²) in [6.45, 7) is 1.63. The van der Waals surface area contributed by atoms with Crippen molar-refractivity contribution in [1.82, 2.24) is 5.32 Å². The molecule has 164 valence electrons. The second-order valence-corrected chi connectivity index (χ2v) is 9.30. The Morgan fingerprint density at radius 3 is 2.48 bits per heavy atom. The second-order valence-electron chi connectivity index (χ2n) is 9.30. The largest absolute Gasteiger partial charge is 0.507 e. The van der Waals surface area contributed by atoms with E-state index in [2.05, 4.69) is 5.32 Å². The van der Waals surface area contributed by atoms with Crippen LogP contribution in [0.3, 0.4) is 0 Å². The van der Waals surface area contributed by atoms with Crippen LogP contribution in [0.5, 0.6) is 5.75 Å². The van der Waals surface area contributed by atoms with E-state index in [-0.39, 0.29) is 41.5 Å². The van der Waals surface area contributed by atoms with Crippen molar-refractivity contribution in [3.63, 3.8) is 0 Å². The van der Waals surface area contributed by atoms with Gasteiger partial charge < -0.3 is 5.11 Å². The van der Waals surface area contributed by atoms with E-state index < -0.39 is 17.8 Å². The van der Waals surface area contributed by atoms with E-state index in [0.717, 1.165) is 16.5 Å². The molecule has 2 aromatic rings. The number of Topliss-reactive ketones (excluding diaryl/α,β-unsaturated/α-hetero) is 1. The quantitative estimate of drug-likeness (QED) is 0.404. The number of amides is 2. The minimum Gasteiger partial charge on any atom is -0.507 e. The maximum atomic E-state index is 13.3. The molecule has 1 heterocycles. The van der Waals surface area contributed by atoms with Gasteiger partial charge in [0.2, 0.25) is 11.8 Å². The Morgan fingerprint density at radius 1 is 0.939 bits per heavy atom. The van der Waals surface area contributed by atoms with Gasteiger partial charge in [-0.15, -0.1) is 0 Å². The number of allylic oxidation sites excluding steroid dienone is 6. The average molecular weight is 439 g/mol. The van der Waals surface area contributed by atoms with Gasteiger partial charge in [0.15, 0.2) is 11.6 Å². The first kappa shape index (κ1) is 19.9. The highest BCUT2D eigenvalue weighted by molar-refractivity contribution is 6.24. The monoisotopic (exact) mass is 439 g/mol. The molecule has 0 radical (unpaired) electrons. The number of phenolic OH excluding ortho intramolecular Hbond substituents is 1. The molecule has 0 aromatic heterocycles. The maximum Gasteiger partial charge on any atom is 0.231 e. The molecular weight excluding hydrogens is 418 g/mol. The van der Waals surface area contributed by atoms with Crippen molar-refractivity contribution in [3.05, 3.63) is 76.4 Å². The van der Waals surface area contributed by atoms with E-state index in [4.69, 9.17) is 0 Å². The lowest BCUT2D eigenvalue weighted by atomic mass is 9.59. The number of fused-ring (bicyclic) bond motifs is 4. The van der Waals surface area contributed by atoms with Crippen LogP contribution in [-0.4, -0.2) is 28.5 Å². The Bertz CT molecular complexity index is 1410. The summed E-state index contributed by atoms with van der Waals surface area (Å²) in [6.07, 6.45) is 4.07. The van der Waals surface area contributed by atoms with Crippen molar-refractivity contribution in [3.8, 4) is 5.75 Å². The minimum atomic E-state index is -0.549. The Kier molecular flexibility index (Phi) is 4.12. The molecule has 2 N–H and O–H groups in total. The van der Waals surface area contributed by atoms with E-state index in [0.29, 0.717) is 28.5 Å². The van der Waals surface area contributed by atoms with E-state index in [1.165, 1.54) is 6.08 Å². The maximum absolute atomic E-state index is 13.3. The molecular formula is C27H21NO5. The van der Waals surface area contributed by atoms with Crippen LogP contribution in [0, 0.1) is 17.8 Å². The zero-order valence-electron chi connectivity index (χ0n) is 17.9. The average Bonchev–Trinajstić information content (AvgIpc) is 3.10. The van der Waals surface area contributed by atoms with Crippen LogP contribution in [0.15, 0.2) is 70.8 Å². The van der Waals surface area contributed by atoms with Gasteiger partial charge in [0, 0.05) is 28.0 Å². The van der Waals surface area contributed by atoms with Crippen LogP contribution in [0.1, 0.15) is 31.2 Å². The summed E-state index contributed by atoms with van der Waals surface area (Å²) in [5.41, 5.74) is 3.00. The van der Waals surface area contributed by atoms with Crippen molar-refractivity contribution in [2.45, 2.75) is 25.7 Å². The van der Waals surface area contributed by atoms with Crippen molar-refractivity contribution in [2.75, 3.05) is 0 Å². The molecule has 1 aliphatic heterocycles. The third kappa shape index (κ3) is 2.67. The minimum absolute atomic E-state index is 0.135. The lowest BCUT2D eigenvalue weighted by Gasteiger charge is -2.42. The zero-order valence-corrected chi connectivity index (χ0v) is 17.9. The molecule has 4 atom stereocenters. The van der Waals surface area contributed by atoms with Crippen LogP contribution in [0.2, 0.25) is 0 Å². The second kappa shape index (κ2) is 6.85. The molecule has 1 fully saturated rings. The summed E-state index contributed by atoms with van der Waals surface area (Å²) < 4.78 is 0. The zero-order chi connectivity index (χ0) is 23.0. The summed E-state index contributed by atoms with van der Waals surface area (Å²) in [5, 5.41) is 14.3. The van der Waals surface area contributed by atoms with Gasteiger partial charge in [0.1, 0.15) is 5.75 Å². The number of ketones is 2. The van der Waals surface area contributed by atoms with Gasteiger partial charge in [0.05, 0.1) is 11.8 Å². The van der Waals surface area contributed by atoms with Crippen molar-refractivity contribution in [2.24, 2.45) is 17.8 Å². The van der Waals surface area contributed by atoms with Gasteiger partial charge in [-0.3, -0.25) is 24.5 Å². The summed E-state index contributed by atoms with van der Waals surface area (Å²) >= 11 is 0. The first-order chi connectivity index (χ1) is 15.9. The van der Waals surface area contributed by atoms with Crippen LogP contribution in [0.25, 0.3) is 10.8 Å². The first-order valence-electron chi connectivity index (χ1n) is 11.1. The first-order valence-corrected chi connectivity index (χ1v) is 11.1. The molecule has 0 saturated carbocycles. The molecule has 1 saturated heterocycles. The molecule has 0 bridgehead atoms. The molecule has 6 rings (SSSR count). The normalized spacial score (nSPS) is 28.8. The summed E-state index contributed by atoms with van der Waals surface area (Å²) in [7, 11) is 0. The lowest BCUT2D eigenvalue weighted by molar-refractivity contribution is -0.126. The molecule has 6 nitrogen and oxygen atoms in total. The number of aromatic hydroxyl groups is 1. The standard InChI is InChI=1S/C27H21NO5/c1-12-10-21(30)24-19(25(12)31)11-18-16(6-7-17-23(18)27(33)28-26(17)32)22(24)15-8-9-20(29)14-5-3-2-4-13(14)15/h2-6,8-10,17-18,22-23,29H,7,11H2,1H3,(H,28,32,33). The molecule has 0 spiro atoms.